The molecule has 0 fully saturated rings. The van der Waals surface area contributed by atoms with Gasteiger partial charge >= 0.3 is 0 Å². The summed E-state index contributed by atoms with van der Waals surface area (Å²) in [5, 5.41) is 0. The van der Waals surface area contributed by atoms with Crippen LogP contribution in [0.5, 0.6) is 5.75 Å². The SMILES string of the molecule is COc1cccc(Cc2nc3cccnc3n2CC(C)(C)C)c1. The van der Waals surface area contributed by atoms with Crippen molar-refractivity contribution in [3.63, 3.8) is 0 Å². The first kappa shape index (κ1) is 15.5. The second-order valence-corrected chi connectivity index (χ2v) is 7.05. The van der Waals surface area contributed by atoms with Crippen LogP contribution in [-0.4, -0.2) is 21.6 Å². The topological polar surface area (TPSA) is 39.9 Å². The smallest absolute Gasteiger partial charge is 0.160 e. The number of pyridine rings is 1. The van der Waals surface area contributed by atoms with Gasteiger partial charge in [0.25, 0.3) is 0 Å². The summed E-state index contributed by atoms with van der Waals surface area (Å²) in [4.78, 5) is 9.34. The van der Waals surface area contributed by atoms with E-state index in [0.29, 0.717) is 0 Å². The monoisotopic (exact) mass is 309 g/mol. The Labute approximate surface area is 137 Å². The molecule has 0 saturated heterocycles. The summed E-state index contributed by atoms with van der Waals surface area (Å²) in [6.45, 7) is 7.59. The van der Waals surface area contributed by atoms with Gasteiger partial charge < -0.3 is 9.30 Å². The molecule has 4 nitrogen and oxygen atoms in total. The molecular weight excluding hydrogens is 286 g/mol. The van der Waals surface area contributed by atoms with Crippen LogP contribution in [0.1, 0.15) is 32.2 Å². The molecule has 0 bridgehead atoms. The largest absolute Gasteiger partial charge is 0.497 e. The van der Waals surface area contributed by atoms with Crippen LogP contribution in [0.4, 0.5) is 0 Å². The number of imidazole rings is 1. The van der Waals surface area contributed by atoms with Gasteiger partial charge in [-0.2, -0.15) is 0 Å². The Morgan fingerprint density at radius 2 is 1.96 bits per heavy atom. The van der Waals surface area contributed by atoms with Crippen LogP contribution in [0.3, 0.4) is 0 Å². The Kier molecular flexibility index (Phi) is 4.07. The van der Waals surface area contributed by atoms with Gasteiger partial charge in [0, 0.05) is 19.2 Å². The Bertz CT molecular complexity index is 815. The van der Waals surface area contributed by atoms with Crippen LogP contribution in [0, 0.1) is 5.41 Å². The standard InChI is InChI=1S/C19H23N3O/c1-19(2,3)13-22-17(21-16-9-6-10-20-18(16)22)12-14-7-5-8-15(11-14)23-4/h5-11H,12-13H2,1-4H3. The molecule has 3 aromatic rings. The van der Waals surface area contributed by atoms with Gasteiger partial charge in [-0.15, -0.1) is 0 Å². The van der Waals surface area contributed by atoms with Gasteiger partial charge in [-0.25, -0.2) is 9.97 Å². The maximum absolute atomic E-state index is 5.32. The first-order chi connectivity index (χ1) is 11.0. The fraction of sp³-hybridized carbons (Fsp3) is 0.368. The number of rotatable bonds is 4. The predicted octanol–water partition coefficient (Wildman–Crippen LogP) is 4.08. The summed E-state index contributed by atoms with van der Waals surface area (Å²) in [6, 6.07) is 12.1. The highest BCUT2D eigenvalue weighted by atomic mass is 16.5. The molecule has 120 valence electrons. The Balaban J connectivity index is 2.03. The van der Waals surface area contributed by atoms with E-state index in [9.17, 15) is 0 Å². The van der Waals surface area contributed by atoms with Crippen molar-refractivity contribution in [1.29, 1.82) is 0 Å². The quantitative estimate of drug-likeness (QED) is 0.729. The molecule has 0 radical (unpaired) electrons. The summed E-state index contributed by atoms with van der Waals surface area (Å²) in [7, 11) is 1.69. The van der Waals surface area contributed by atoms with E-state index in [1.165, 1.54) is 5.56 Å². The van der Waals surface area contributed by atoms with Crippen molar-refractivity contribution in [2.24, 2.45) is 5.41 Å². The maximum Gasteiger partial charge on any atom is 0.160 e. The summed E-state index contributed by atoms with van der Waals surface area (Å²) < 4.78 is 7.57. The van der Waals surface area contributed by atoms with Gasteiger partial charge in [-0.3, -0.25) is 0 Å². The molecule has 23 heavy (non-hydrogen) atoms. The normalized spacial score (nSPS) is 11.8. The highest BCUT2D eigenvalue weighted by molar-refractivity contribution is 5.71. The fourth-order valence-corrected chi connectivity index (χ4v) is 2.75. The zero-order chi connectivity index (χ0) is 16.4. The number of benzene rings is 1. The molecule has 0 aliphatic rings. The summed E-state index contributed by atoms with van der Waals surface area (Å²) >= 11 is 0. The summed E-state index contributed by atoms with van der Waals surface area (Å²) in [6.07, 6.45) is 2.60. The average molecular weight is 309 g/mol. The number of aromatic nitrogens is 3. The molecule has 0 atom stereocenters. The number of fused-ring (bicyclic) bond motifs is 1. The van der Waals surface area contributed by atoms with E-state index in [4.69, 9.17) is 9.72 Å². The second kappa shape index (κ2) is 6.03. The zero-order valence-electron chi connectivity index (χ0n) is 14.2. The molecule has 4 heteroatoms. The van der Waals surface area contributed by atoms with Gasteiger partial charge in [0.2, 0.25) is 0 Å². The van der Waals surface area contributed by atoms with Crippen LogP contribution in [0.25, 0.3) is 11.2 Å². The second-order valence-electron chi connectivity index (χ2n) is 7.05. The maximum atomic E-state index is 5.32. The van der Waals surface area contributed by atoms with E-state index in [0.717, 1.165) is 35.7 Å². The summed E-state index contributed by atoms with van der Waals surface area (Å²) in [5.74, 6) is 1.92. The van der Waals surface area contributed by atoms with E-state index < -0.39 is 0 Å². The highest BCUT2D eigenvalue weighted by Gasteiger charge is 2.18. The van der Waals surface area contributed by atoms with Crippen molar-refractivity contribution in [2.45, 2.75) is 33.7 Å². The molecule has 0 spiro atoms. The van der Waals surface area contributed by atoms with Crippen molar-refractivity contribution >= 4 is 11.2 Å². The lowest BCUT2D eigenvalue weighted by Gasteiger charge is -2.21. The van der Waals surface area contributed by atoms with Gasteiger partial charge in [0.15, 0.2) is 5.65 Å². The van der Waals surface area contributed by atoms with Crippen molar-refractivity contribution in [2.75, 3.05) is 7.11 Å². The fourth-order valence-electron chi connectivity index (χ4n) is 2.75. The third kappa shape index (κ3) is 3.52. The molecule has 0 N–H and O–H groups in total. The lowest BCUT2D eigenvalue weighted by atomic mass is 9.96. The van der Waals surface area contributed by atoms with Crippen molar-refractivity contribution in [1.82, 2.24) is 14.5 Å². The van der Waals surface area contributed by atoms with Crippen LogP contribution in [0.2, 0.25) is 0 Å². The number of nitrogens with zero attached hydrogens (tertiary/aromatic N) is 3. The Hall–Kier alpha value is -2.36. The predicted molar refractivity (Wildman–Crippen MR) is 92.8 cm³/mol. The van der Waals surface area contributed by atoms with Crippen molar-refractivity contribution in [3.05, 3.63) is 54.0 Å². The minimum Gasteiger partial charge on any atom is -0.497 e. The Morgan fingerprint density at radius 3 is 2.70 bits per heavy atom. The van der Waals surface area contributed by atoms with Crippen molar-refractivity contribution < 1.29 is 4.74 Å². The third-order valence-corrected chi connectivity index (χ3v) is 3.71. The van der Waals surface area contributed by atoms with E-state index >= 15 is 0 Å². The number of ether oxygens (including phenoxy) is 1. The first-order valence-electron chi connectivity index (χ1n) is 7.89. The molecule has 2 heterocycles. The molecular formula is C19H23N3O. The third-order valence-electron chi connectivity index (χ3n) is 3.71. The zero-order valence-corrected chi connectivity index (χ0v) is 14.2. The first-order valence-corrected chi connectivity index (χ1v) is 7.89. The van der Waals surface area contributed by atoms with E-state index in [1.54, 1.807) is 7.11 Å². The molecule has 0 amide bonds. The van der Waals surface area contributed by atoms with E-state index in [-0.39, 0.29) is 5.41 Å². The van der Waals surface area contributed by atoms with Crippen molar-refractivity contribution in [3.8, 4) is 5.75 Å². The number of hydrogen-bond donors (Lipinski definition) is 0. The number of hydrogen-bond acceptors (Lipinski definition) is 3. The lowest BCUT2D eigenvalue weighted by Crippen LogP contribution is -2.18. The molecule has 0 aliphatic heterocycles. The molecule has 3 rings (SSSR count). The molecule has 0 aliphatic carbocycles. The van der Waals surface area contributed by atoms with Crippen LogP contribution in [-0.2, 0) is 13.0 Å². The minimum absolute atomic E-state index is 0.161. The van der Waals surface area contributed by atoms with Gasteiger partial charge in [-0.05, 0) is 35.2 Å². The molecule has 1 aromatic carbocycles. The summed E-state index contributed by atoms with van der Waals surface area (Å²) in [5.41, 5.74) is 3.26. The minimum atomic E-state index is 0.161. The van der Waals surface area contributed by atoms with E-state index in [1.807, 2.05) is 30.5 Å². The average Bonchev–Trinajstić information content (AvgIpc) is 2.83. The molecule has 0 unspecified atom stereocenters. The molecule has 0 saturated carbocycles. The van der Waals surface area contributed by atoms with Crippen LogP contribution >= 0.6 is 0 Å². The van der Waals surface area contributed by atoms with Crippen LogP contribution in [0.15, 0.2) is 42.6 Å². The highest BCUT2D eigenvalue weighted by Crippen LogP contribution is 2.24. The molecule has 2 aromatic heterocycles. The Morgan fingerprint density at radius 1 is 1.13 bits per heavy atom. The number of methoxy groups -OCH3 is 1. The van der Waals surface area contributed by atoms with E-state index in [2.05, 4.69) is 42.5 Å². The van der Waals surface area contributed by atoms with Crippen LogP contribution < -0.4 is 4.74 Å². The van der Waals surface area contributed by atoms with Gasteiger partial charge in [0.05, 0.1) is 7.11 Å². The van der Waals surface area contributed by atoms with Gasteiger partial charge in [0.1, 0.15) is 17.1 Å². The lowest BCUT2D eigenvalue weighted by molar-refractivity contribution is 0.343. The van der Waals surface area contributed by atoms with Gasteiger partial charge in [-0.1, -0.05) is 32.9 Å².